The maximum Gasteiger partial charge on any atom is 0.270 e. The van der Waals surface area contributed by atoms with Crippen molar-refractivity contribution in [3.63, 3.8) is 0 Å². The molecule has 0 fully saturated rings. The van der Waals surface area contributed by atoms with E-state index in [4.69, 9.17) is 4.74 Å². The number of ether oxygens (including phenoxy) is 1. The highest BCUT2D eigenvalue weighted by Crippen LogP contribution is 2.40. The van der Waals surface area contributed by atoms with Gasteiger partial charge in [-0.25, -0.2) is 0 Å². The average molecular weight is 383 g/mol. The largest absolute Gasteiger partial charge is 0.472 e. The van der Waals surface area contributed by atoms with Crippen LogP contribution < -0.4 is 10.1 Å². The first-order valence-electron chi connectivity index (χ1n) is 5.66. The zero-order chi connectivity index (χ0) is 13.4. The van der Waals surface area contributed by atoms with Crippen LogP contribution >= 0.6 is 31.9 Å². The number of halogens is 2. The SMILES string of the molecule is O=C1Nc2cccc(Br)c2O[C@H]1c1ccc(Br)cc1. The third kappa shape index (κ3) is 2.40. The zero-order valence-electron chi connectivity index (χ0n) is 9.69. The van der Waals surface area contributed by atoms with Crippen LogP contribution in [0.5, 0.6) is 5.75 Å². The van der Waals surface area contributed by atoms with Gasteiger partial charge in [0.25, 0.3) is 5.91 Å². The Bertz CT molecular complexity index is 640. The van der Waals surface area contributed by atoms with Gasteiger partial charge in [0.2, 0.25) is 6.10 Å². The van der Waals surface area contributed by atoms with Crippen LogP contribution in [0, 0.1) is 0 Å². The summed E-state index contributed by atoms with van der Waals surface area (Å²) in [5.74, 6) is 0.503. The molecule has 0 aromatic heterocycles. The Kier molecular flexibility index (Phi) is 3.33. The summed E-state index contributed by atoms with van der Waals surface area (Å²) in [6.07, 6.45) is -0.626. The number of fused-ring (bicyclic) bond motifs is 1. The number of benzene rings is 2. The molecule has 1 aliphatic rings. The number of anilines is 1. The Hall–Kier alpha value is -1.33. The van der Waals surface area contributed by atoms with Crippen LogP contribution in [0.15, 0.2) is 51.4 Å². The molecule has 1 atom stereocenters. The smallest absolute Gasteiger partial charge is 0.270 e. The first kappa shape index (κ1) is 12.7. The number of carbonyl (C=O) groups is 1. The Morgan fingerprint density at radius 2 is 1.79 bits per heavy atom. The molecule has 3 nitrogen and oxygen atoms in total. The van der Waals surface area contributed by atoms with Crippen molar-refractivity contribution in [3.8, 4) is 5.75 Å². The van der Waals surface area contributed by atoms with Crippen molar-refractivity contribution in [1.29, 1.82) is 0 Å². The molecule has 1 amide bonds. The molecule has 3 rings (SSSR count). The van der Waals surface area contributed by atoms with Gasteiger partial charge in [0, 0.05) is 10.0 Å². The van der Waals surface area contributed by atoms with E-state index in [0.29, 0.717) is 11.4 Å². The van der Waals surface area contributed by atoms with E-state index < -0.39 is 6.10 Å². The van der Waals surface area contributed by atoms with Crippen LogP contribution in [-0.4, -0.2) is 5.91 Å². The molecule has 19 heavy (non-hydrogen) atoms. The second-order valence-corrected chi connectivity index (χ2v) is 5.93. The highest BCUT2D eigenvalue weighted by atomic mass is 79.9. The minimum Gasteiger partial charge on any atom is -0.472 e. The molecule has 1 heterocycles. The van der Waals surface area contributed by atoms with Crippen molar-refractivity contribution < 1.29 is 9.53 Å². The van der Waals surface area contributed by atoms with Crippen LogP contribution in [0.4, 0.5) is 5.69 Å². The summed E-state index contributed by atoms with van der Waals surface area (Å²) in [4.78, 5) is 12.1. The minimum atomic E-state index is -0.626. The maximum atomic E-state index is 12.1. The van der Waals surface area contributed by atoms with Gasteiger partial charge in [-0.05, 0) is 40.2 Å². The van der Waals surface area contributed by atoms with E-state index in [-0.39, 0.29) is 5.91 Å². The first-order valence-corrected chi connectivity index (χ1v) is 7.25. The van der Waals surface area contributed by atoms with Crippen LogP contribution in [0.3, 0.4) is 0 Å². The molecule has 0 saturated heterocycles. The van der Waals surface area contributed by atoms with E-state index in [1.165, 1.54) is 0 Å². The van der Waals surface area contributed by atoms with E-state index in [0.717, 1.165) is 14.5 Å². The standard InChI is InChI=1S/C14H9Br2NO2/c15-9-6-4-8(5-7-9)12-14(18)17-11-3-1-2-10(16)13(11)19-12/h1-7,12H,(H,17,18)/t12-/m0/s1. The molecule has 96 valence electrons. The Balaban J connectivity index is 1.99. The minimum absolute atomic E-state index is 0.159. The summed E-state index contributed by atoms with van der Waals surface area (Å²) in [6, 6.07) is 13.1. The quantitative estimate of drug-likeness (QED) is 0.799. The van der Waals surface area contributed by atoms with Crippen molar-refractivity contribution in [2.24, 2.45) is 0 Å². The highest BCUT2D eigenvalue weighted by molar-refractivity contribution is 9.10. The van der Waals surface area contributed by atoms with Crippen molar-refractivity contribution in [3.05, 3.63) is 57.0 Å². The topological polar surface area (TPSA) is 38.3 Å². The van der Waals surface area contributed by atoms with Crippen LogP contribution in [0.2, 0.25) is 0 Å². The zero-order valence-corrected chi connectivity index (χ0v) is 12.9. The number of hydrogen-bond acceptors (Lipinski definition) is 2. The molecule has 0 radical (unpaired) electrons. The van der Waals surface area contributed by atoms with E-state index >= 15 is 0 Å². The summed E-state index contributed by atoms with van der Waals surface area (Å²) in [7, 11) is 0. The first-order chi connectivity index (χ1) is 9.15. The molecular weight excluding hydrogens is 374 g/mol. The van der Waals surface area contributed by atoms with Crippen LogP contribution in [-0.2, 0) is 4.79 Å². The number of hydrogen-bond donors (Lipinski definition) is 1. The van der Waals surface area contributed by atoms with Gasteiger partial charge in [-0.1, -0.05) is 34.1 Å². The summed E-state index contributed by atoms with van der Waals surface area (Å²) < 4.78 is 7.62. The molecule has 0 bridgehead atoms. The molecule has 2 aromatic carbocycles. The van der Waals surface area contributed by atoms with Gasteiger partial charge in [0.05, 0.1) is 10.2 Å². The number of carbonyl (C=O) groups excluding carboxylic acids is 1. The lowest BCUT2D eigenvalue weighted by atomic mass is 10.1. The summed E-state index contributed by atoms with van der Waals surface area (Å²) in [5.41, 5.74) is 1.51. The third-order valence-electron chi connectivity index (χ3n) is 2.87. The summed E-state index contributed by atoms with van der Waals surface area (Å²) >= 11 is 6.80. The number of nitrogens with one attached hydrogen (secondary N) is 1. The maximum absolute atomic E-state index is 12.1. The molecular formula is C14H9Br2NO2. The molecule has 0 unspecified atom stereocenters. The molecule has 0 saturated carbocycles. The Morgan fingerprint density at radius 3 is 2.53 bits per heavy atom. The number of amides is 1. The molecule has 5 heteroatoms. The fourth-order valence-electron chi connectivity index (χ4n) is 1.95. The normalized spacial score (nSPS) is 17.4. The van der Waals surface area contributed by atoms with Gasteiger partial charge in [0.1, 0.15) is 0 Å². The fourth-order valence-corrected chi connectivity index (χ4v) is 2.68. The molecule has 0 spiro atoms. The highest BCUT2D eigenvalue weighted by Gasteiger charge is 2.30. The lowest BCUT2D eigenvalue weighted by molar-refractivity contribution is -0.123. The Morgan fingerprint density at radius 1 is 1.05 bits per heavy atom. The van der Waals surface area contributed by atoms with Crippen molar-refractivity contribution in [1.82, 2.24) is 0 Å². The van der Waals surface area contributed by atoms with Gasteiger partial charge >= 0.3 is 0 Å². The molecule has 2 aromatic rings. The number of para-hydroxylation sites is 1. The summed E-state index contributed by atoms with van der Waals surface area (Å²) in [6.45, 7) is 0. The van der Waals surface area contributed by atoms with Gasteiger partial charge in [-0.3, -0.25) is 4.79 Å². The van der Waals surface area contributed by atoms with Crippen LogP contribution in [0.1, 0.15) is 11.7 Å². The second kappa shape index (κ2) is 4.98. The molecule has 1 N–H and O–H groups in total. The lowest BCUT2D eigenvalue weighted by Gasteiger charge is -2.26. The fraction of sp³-hybridized carbons (Fsp3) is 0.0714. The van der Waals surface area contributed by atoms with E-state index in [1.807, 2.05) is 42.5 Å². The van der Waals surface area contributed by atoms with Crippen molar-refractivity contribution in [2.45, 2.75) is 6.10 Å². The van der Waals surface area contributed by atoms with E-state index in [9.17, 15) is 4.79 Å². The van der Waals surface area contributed by atoms with E-state index in [2.05, 4.69) is 37.2 Å². The monoisotopic (exact) mass is 381 g/mol. The van der Waals surface area contributed by atoms with E-state index in [1.54, 1.807) is 0 Å². The molecule has 1 aliphatic heterocycles. The second-order valence-electron chi connectivity index (χ2n) is 4.16. The van der Waals surface area contributed by atoms with Crippen molar-refractivity contribution in [2.75, 3.05) is 5.32 Å². The Labute approximate surface area is 127 Å². The lowest BCUT2D eigenvalue weighted by Crippen LogP contribution is -2.30. The third-order valence-corrected chi connectivity index (χ3v) is 4.02. The van der Waals surface area contributed by atoms with Gasteiger partial charge in [0.15, 0.2) is 5.75 Å². The summed E-state index contributed by atoms with van der Waals surface area (Å²) in [5, 5.41) is 2.86. The van der Waals surface area contributed by atoms with Gasteiger partial charge in [-0.15, -0.1) is 0 Å². The predicted molar refractivity (Wildman–Crippen MR) is 80.3 cm³/mol. The van der Waals surface area contributed by atoms with Gasteiger partial charge in [-0.2, -0.15) is 0 Å². The predicted octanol–water partition coefficient (Wildman–Crippen LogP) is 4.28. The van der Waals surface area contributed by atoms with Gasteiger partial charge < -0.3 is 10.1 Å². The van der Waals surface area contributed by atoms with Crippen LogP contribution in [0.25, 0.3) is 0 Å². The number of rotatable bonds is 1. The average Bonchev–Trinajstić information content (AvgIpc) is 2.40. The van der Waals surface area contributed by atoms with Crippen molar-refractivity contribution >= 4 is 43.5 Å². The molecule has 0 aliphatic carbocycles.